The lowest BCUT2D eigenvalue weighted by Crippen LogP contribution is -2.33. The summed E-state index contributed by atoms with van der Waals surface area (Å²) in [5.74, 6) is 0.522. The molecule has 0 aliphatic rings. The van der Waals surface area contributed by atoms with Gasteiger partial charge in [0.25, 0.3) is 0 Å². The zero-order valence-corrected chi connectivity index (χ0v) is 14.6. The average molecular weight is 375 g/mol. The van der Waals surface area contributed by atoms with E-state index in [0.29, 0.717) is 11.3 Å². The van der Waals surface area contributed by atoms with Crippen molar-refractivity contribution >= 4 is 17.2 Å². The van der Waals surface area contributed by atoms with Crippen LogP contribution < -0.4 is 5.32 Å². The molecule has 10 heteroatoms. The Morgan fingerprint density at radius 3 is 2.67 bits per heavy atom. The summed E-state index contributed by atoms with van der Waals surface area (Å²) in [6, 6.07) is 0.0807. The van der Waals surface area contributed by atoms with Crippen LogP contribution in [0.15, 0.2) is 37.1 Å². The molecule has 0 amide bonds. The molecule has 4 aromatic rings. The number of hydrogen-bond acceptors (Lipinski definition) is 5. The highest BCUT2D eigenvalue weighted by Crippen LogP contribution is 2.26. The Morgan fingerprint density at radius 2 is 1.93 bits per heavy atom. The van der Waals surface area contributed by atoms with Gasteiger partial charge in [0.2, 0.25) is 11.7 Å². The third kappa shape index (κ3) is 3.07. The summed E-state index contributed by atoms with van der Waals surface area (Å²) < 4.78 is 41.5. The number of halogens is 3. The van der Waals surface area contributed by atoms with Crippen molar-refractivity contribution in [3.63, 3.8) is 0 Å². The van der Waals surface area contributed by atoms with Crippen molar-refractivity contribution in [3.8, 4) is 11.1 Å². The molecule has 140 valence electrons. The lowest BCUT2D eigenvalue weighted by molar-refractivity contribution is -0.138. The van der Waals surface area contributed by atoms with Gasteiger partial charge < -0.3 is 5.32 Å². The highest BCUT2D eigenvalue weighted by Gasteiger charge is 2.36. The Labute approximate surface area is 151 Å². The van der Waals surface area contributed by atoms with E-state index in [1.807, 2.05) is 23.6 Å². The quantitative estimate of drug-likeness (QED) is 0.592. The molecule has 4 aromatic heterocycles. The van der Waals surface area contributed by atoms with E-state index in [2.05, 4.69) is 25.4 Å². The number of anilines is 1. The van der Waals surface area contributed by atoms with Crippen LogP contribution in [0.2, 0.25) is 0 Å². The topological polar surface area (TPSA) is 72.4 Å². The highest BCUT2D eigenvalue weighted by molar-refractivity contribution is 5.79. The minimum Gasteiger partial charge on any atom is -0.341 e. The molecule has 0 bridgehead atoms. The number of aryl methyl sites for hydroxylation is 1. The van der Waals surface area contributed by atoms with Gasteiger partial charge in [0.1, 0.15) is 6.04 Å². The first-order chi connectivity index (χ1) is 12.9. The lowest BCUT2D eigenvalue weighted by atomic mass is 10.1. The van der Waals surface area contributed by atoms with E-state index in [1.54, 1.807) is 18.6 Å². The van der Waals surface area contributed by atoms with Crippen molar-refractivity contribution in [1.29, 1.82) is 0 Å². The Hall–Kier alpha value is -3.17. The van der Waals surface area contributed by atoms with Crippen LogP contribution in [0.1, 0.15) is 19.5 Å². The summed E-state index contributed by atoms with van der Waals surface area (Å²) in [5.41, 5.74) is 3.37. The molecule has 1 N–H and O–H groups in total. The van der Waals surface area contributed by atoms with E-state index in [1.165, 1.54) is 10.7 Å². The molecule has 0 saturated heterocycles. The average Bonchev–Trinajstić information content (AvgIpc) is 3.23. The van der Waals surface area contributed by atoms with Crippen LogP contribution in [-0.4, -0.2) is 41.2 Å². The van der Waals surface area contributed by atoms with Crippen molar-refractivity contribution in [2.24, 2.45) is 0 Å². The fourth-order valence-electron chi connectivity index (χ4n) is 2.81. The molecule has 0 unspecified atom stereocenters. The zero-order valence-electron chi connectivity index (χ0n) is 14.6. The first kappa shape index (κ1) is 17.3. The Kier molecular flexibility index (Phi) is 3.97. The predicted octanol–water partition coefficient (Wildman–Crippen LogP) is 3.36. The standard InChI is InChI=1S/C17H16F3N7/c1-3-12-7-23-16-22-6-11(9-26(12)16)13-4-5-27-14(13)8-21-15(25-27)24-10(2)17(18,19)20/h4-10H,3H2,1-2H3,(H,24,25)/t10-/m1/s1. The minimum atomic E-state index is -4.37. The Bertz CT molecular complexity index is 1110. The molecule has 4 heterocycles. The number of hydrogen-bond donors (Lipinski definition) is 1. The highest BCUT2D eigenvalue weighted by atomic mass is 19.4. The van der Waals surface area contributed by atoms with Gasteiger partial charge in [-0.3, -0.25) is 4.40 Å². The molecule has 4 rings (SSSR count). The summed E-state index contributed by atoms with van der Waals surface area (Å²) in [6.07, 6.45) is 5.03. The van der Waals surface area contributed by atoms with Gasteiger partial charge in [-0.25, -0.2) is 19.5 Å². The summed E-state index contributed by atoms with van der Waals surface area (Å²) in [7, 11) is 0. The second kappa shape index (κ2) is 6.22. The SMILES string of the molecule is CCc1cnc2ncc(-c3ccn4nc(N[C@H](C)C(F)(F)F)ncc34)cn12. The van der Waals surface area contributed by atoms with Gasteiger partial charge in [-0.05, 0) is 19.4 Å². The van der Waals surface area contributed by atoms with Crippen molar-refractivity contribution in [2.75, 3.05) is 5.32 Å². The molecule has 7 nitrogen and oxygen atoms in total. The number of aromatic nitrogens is 6. The van der Waals surface area contributed by atoms with Crippen molar-refractivity contribution in [3.05, 3.63) is 42.7 Å². The van der Waals surface area contributed by atoms with Crippen LogP contribution in [-0.2, 0) is 6.42 Å². The number of imidazole rings is 1. The van der Waals surface area contributed by atoms with Crippen LogP contribution in [0.3, 0.4) is 0 Å². The van der Waals surface area contributed by atoms with E-state index in [9.17, 15) is 13.2 Å². The van der Waals surface area contributed by atoms with Crippen molar-refractivity contribution in [1.82, 2.24) is 29.0 Å². The molecule has 0 aliphatic heterocycles. The van der Waals surface area contributed by atoms with Gasteiger partial charge in [0.05, 0.1) is 17.9 Å². The van der Waals surface area contributed by atoms with Gasteiger partial charge in [0.15, 0.2) is 0 Å². The molecule has 0 aromatic carbocycles. The lowest BCUT2D eigenvalue weighted by Gasteiger charge is -2.16. The van der Waals surface area contributed by atoms with Gasteiger partial charge in [0, 0.05) is 35.4 Å². The number of nitrogens with zero attached hydrogens (tertiary/aromatic N) is 6. The van der Waals surface area contributed by atoms with E-state index < -0.39 is 12.2 Å². The van der Waals surface area contributed by atoms with Gasteiger partial charge in [-0.15, -0.1) is 5.10 Å². The molecule has 0 fully saturated rings. The first-order valence-electron chi connectivity index (χ1n) is 8.37. The van der Waals surface area contributed by atoms with E-state index in [-0.39, 0.29) is 5.95 Å². The fraction of sp³-hybridized carbons (Fsp3) is 0.294. The van der Waals surface area contributed by atoms with Gasteiger partial charge in [-0.2, -0.15) is 13.2 Å². The van der Waals surface area contributed by atoms with Crippen molar-refractivity contribution < 1.29 is 13.2 Å². The number of rotatable bonds is 4. The number of fused-ring (bicyclic) bond motifs is 2. The summed E-state index contributed by atoms with van der Waals surface area (Å²) in [4.78, 5) is 12.6. The molecule has 0 spiro atoms. The number of nitrogens with one attached hydrogen (secondary N) is 1. The second-order valence-corrected chi connectivity index (χ2v) is 6.16. The maximum atomic E-state index is 12.7. The normalized spacial score (nSPS) is 13.4. The summed E-state index contributed by atoms with van der Waals surface area (Å²) >= 11 is 0. The minimum absolute atomic E-state index is 0.0917. The largest absolute Gasteiger partial charge is 0.408 e. The van der Waals surface area contributed by atoms with E-state index in [4.69, 9.17) is 0 Å². The van der Waals surface area contributed by atoms with E-state index in [0.717, 1.165) is 30.2 Å². The summed E-state index contributed by atoms with van der Waals surface area (Å²) in [6.45, 7) is 3.06. The van der Waals surface area contributed by atoms with Crippen molar-refractivity contribution in [2.45, 2.75) is 32.5 Å². The predicted molar refractivity (Wildman–Crippen MR) is 93.5 cm³/mol. The van der Waals surface area contributed by atoms with Crippen LogP contribution in [0, 0.1) is 0 Å². The van der Waals surface area contributed by atoms with Crippen LogP contribution in [0.5, 0.6) is 0 Å². The smallest absolute Gasteiger partial charge is 0.341 e. The molecule has 0 aliphatic carbocycles. The second-order valence-electron chi connectivity index (χ2n) is 6.16. The summed E-state index contributed by atoms with van der Waals surface area (Å²) in [5, 5.41) is 6.38. The third-order valence-corrected chi connectivity index (χ3v) is 4.37. The van der Waals surface area contributed by atoms with Gasteiger partial charge in [-0.1, -0.05) is 6.92 Å². The maximum Gasteiger partial charge on any atom is 0.408 e. The Morgan fingerprint density at radius 1 is 1.15 bits per heavy atom. The Balaban J connectivity index is 1.71. The first-order valence-corrected chi connectivity index (χ1v) is 8.37. The third-order valence-electron chi connectivity index (χ3n) is 4.37. The van der Waals surface area contributed by atoms with Crippen LogP contribution >= 0.6 is 0 Å². The molecular formula is C17H16F3N7. The fourth-order valence-corrected chi connectivity index (χ4v) is 2.81. The van der Waals surface area contributed by atoms with Gasteiger partial charge >= 0.3 is 6.18 Å². The maximum absolute atomic E-state index is 12.7. The molecule has 27 heavy (non-hydrogen) atoms. The van der Waals surface area contributed by atoms with E-state index >= 15 is 0 Å². The van der Waals surface area contributed by atoms with Crippen LogP contribution in [0.4, 0.5) is 19.1 Å². The molecule has 1 atom stereocenters. The monoisotopic (exact) mass is 375 g/mol. The number of alkyl halides is 3. The van der Waals surface area contributed by atoms with Crippen LogP contribution in [0.25, 0.3) is 22.4 Å². The zero-order chi connectivity index (χ0) is 19.2. The molecular weight excluding hydrogens is 359 g/mol. The molecule has 0 saturated carbocycles. The molecule has 0 radical (unpaired) electrons.